The molecule has 0 unspecified atom stereocenters. The number of methoxy groups -OCH3 is 1. The first-order valence-electron chi connectivity index (χ1n) is 12.7. The van der Waals surface area contributed by atoms with E-state index in [4.69, 9.17) is 27.9 Å². The second kappa shape index (κ2) is 13.9. The van der Waals surface area contributed by atoms with E-state index in [0.717, 1.165) is 4.31 Å². The fourth-order valence-corrected chi connectivity index (χ4v) is 5.90. The van der Waals surface area contributed by atoms with Gasteiger partial charge < -0.3 is 15.0 Å². The molecular formula is C29H33Cl2N3O5S. The molecule has 0 saturated carbocycles. The van der Waals surface area contributed by atoms with Crippen LogP contribution < -0.4 is 14.4 Å². The first-order valence-corrected chi connectivity index (χ1v) is 14.9. The molecule has 0 aliphatic carbocycles. The molecule has 0 radical (unpaired) electrons. The summed E-state index contributed by atoms with van der Waals surface area (Å²) in [6.07, 6.45) is 0.302. The number of sulfonamides is 1. The number of nitrogens with zero attached hydrogens (tertiary/aromatic N) is 2. The van der Waals surface area contributed by atoms with Crippen molar-refractivity contribution in [1.29, 1.82) is 0 Å². The van der Waals surface area contributed by atoms with Gasteiger partial charge in [-0.05, 0) is 62.2 Å². The molecule has 1 atom stereocenters. The maximum atomic E-state index is 14.1. The number of halogens is 2. The molecule has 0 aromatic heterocycles. The monoisotopic (exact) mass is 605 g/mol. The topological polar surface area (TPSA) is 96.0 Å². The standard InChI is InChI=1S/C29H33Cl2N3O5S/c1-5-27(29(36)32-20(2)3)33(18-21-14-15-25(30)26(31)16-21)28(35)19-34(22-10-9-11-23(17-22)39-4)40(37,38)24-12-7-6-8-13-24/h6-17,20,27H,5,18-19H2,1-4H3,(H,32,36)/t27-/m0/s1. The van der Waals surface area contributed by atoms with E-state index >= 15 is 0 Å². The number of carbonyl (C=O) groups is 2. The minimum atomic E-state index is -4.17. The Morgan fingerprint density at radius 3 is 2.25 bits per heavy atom. The van der Waals surface area contributed by atoms with Gasteiger partial charge in [-0.25, -0.2) is 8.42 Å². The summed E-state index contributed by atoms with van der Waals surface area (Å²) >= 11 is 12.3. The number of hydrogen-bond acceptors (Lipinski definition) is 5. The molecule has 40 heavy (non-hydrogen) atoms. The zero-order valence-corrected chi connectivity index (χ0v) is 25.1. The summed E-state index contributed by atoms with van der Waals surface area (Å²) in [4.78, 5) is 28.7. The Balaban J connectivity index is 2.08. The van der Waals surface area contributed by atoms with Crippen molar-refractivity contribution in [2.75, 3.05) is 18.0 Å². The molecule has 0 aliphatic heterocycles. The largest absolute Gasteiger partial charge is 0.497 e. The van der Waals surface area contributed by atoms with Gasteiger partial charge in [-0.1, -0.05) is 60.5 Å². The van der Waals surface area contributed by atoms with Crippen LogP contribution in [0.3, 0.4) is 0 Å². The fourth-order valence-electron chi connectivity index (χ4n) is 4.15. The van der Waals surface area contributed by atoms with E-state index in [1.54, 1.807) is 67.6 Å². The Kier molecular flexibility index (Phi) is 10.8. The first-order chi connectivity index (χ1) is 19.0. The molecular weight excluding hydrogens is 573 g/mol. The lowest BCUT2D eigenvalue weighted by molar-refractivity contribution is -0.140. The number of carbonyl (C=O) groups excluding carboxylic acids is 2. The number of benzene rings is 3. The van der Waals surface area contributed by atoms with E-state index in [0.29, 0.717) is 27.8 Å². The molecule has 0 fully saturated rings. The smallest absolute Gasteiger partial charge is 0.264 e. The van der Waals surface area contributed by atoms with Gasteiger partial charge in [0.05, 0.1) is 27.7 Å². The Hall–Kier alpha value is -3.27. The van der Waals surface area contributed by atoms with Crippen molar-refractivity contribution in [3.05, 3.63) is 88.4 Å². The van der Waals surface area contributed by atoms with Crippen molar-refractivity contribution < 1.29 is 22.7 Å². The van der Waals surface area contributed by atoms with Crippen LogP contribution in [0.2, 0.25) is 10.0 Å². The SMILES string of the molecule is CC[C@@H](C(=O)NC(C)C)N(Cc1ccc(Cl)c(Cl)c1)C(=O)CN(c1cccc(OC)c1)S(=O)(=O)c1ccccc1. The van der Waals surface area contributed by atoms with Gasteiger partial charge in [0.15, 0.2) is 0 Å². The van der Waals surface area contributed by atoms with E-state index in [2.05, 4.69) is 5.32 Å². The third kappa shape index (κ3) is 7.68. The number of nitrogens with one attached hydrogen (secondary N) is 1. The van der Waals surface area contributed by atoms with Crippen molar-refractivity contribution in [1.82, 2.24) is 10.2 Å². The normalized spacial score (nSPS) is 12.1. The van der Waals surface area contributed by atoms with E-state index in [9.17, 15) is 18.0 Å². The molecule has 1 N–H and O–H groups in total. The van der Waals surface area contributed by atoms with Crippen LogP contribution in [0.1, 0.15) is 32.8 Å². The van der Waals surface area contributed by atoms with Crippen molar-refractivity contribution in [2.24, 2.45) is 0 Å². The molecule has 3 rings (SSSR count). The third-order valence-corrected chi connectivity index (χ3v) is 8.63. The summed E-state index contributed by atoms with van der Waals surface area (Å²) in [5.74, 6) is -0.488. The third-order valence-electron chi connectivity index (χ3n) is 6.11. The zero-order valence-electron chi connectivity index (χ0n) is 22.8. The van der Waals surface area contributed by atoms with Crippen LogP contribution in [0, 0.1) is 0 Å². The van der Waals surface area contributed by atoms with E-state index in [1.165, 1.54) is 24.1 Å². The number of hydrogen-bond donors (Lipinski definition) is 1. The lowest BCUT2D eigenvalue weighted by Crippen LogP contribution is -2.53. The highest BCUT2D eigenvalue weighted by molar-refractivity contribution is 7.92. The van der Waals surface area contributed by atoms with Crippen molar-refractivity contribution in [2.45, 2.75) is 50.7 Å². The highest BCUT2D eigenvalue weighted by Gasteiger charge is 2.34. The molecule has 0 saturated heterocycles. The van der Waals surface area contributed by atoms with Gasteiger partial charge >= 0.3 is 0 Å². The second-order valence-corrected chi connectivity index (χ2v) is 12.1. The van der Waals surface area contributed by atoms with Gasteiger partial charge in [-0.3, -0.25) is 13.9 Å². The molecule has 8 nitrogen and oxygen atoms in total. The number of ether oxygens (including phenoxy) is 1. The average molecular weight is 607 g/mol. The van der Waals surface area contributed by atoms with Gasteiger partial charge in [0, 0.05) is 18.7 Å². The van der Waals surface area contributed by atoms with Crippen LogP contribution in [-0.2, 0) is 26.2 Å². The van der Waals surface area contributed by atoms with Gasteiger partial charge in [-0.15, -0.1) is 0 Å². The Bertz CT molecular complexity index is 1430. The summed E-state index contributed by atoms with van der Waals surface area (Å²) < 4.78 is 34.0. The van der Waals surface area contributed by atoms with Crippen molar-refractivity contribution in [3.63, 3.8) is 0 Å². The number of anilines is 1. The summed E-state index contributed by atoms with van der Waals surface area (Å²) in [6, 6.07) is 18.2. The van der Waals surface area contributed by atoms with Crippen LogP contribution >= 0.6 is 23.2 Å². The van der Waals surface area contributed by atoms with Gasteiger partial charge in [-0.2, -0.15) is 0 Å². The molecule has 3 aromatic carbocycles. The van der Waals surface area contributed by atoms with Gasteiger partial charge in [0.1, 0.15) is 18.3 Å². The molecule has 0 heterocycles. The van der Waals surface area contributed by atoms with Crippen LogP contribution in [0.15, 0.2) is 77.7 Å². The molecule has 0 spiro atoms. The molecule has 0 aliphatic rings. The predicted octanol–water partition coefficient (Wildman–Crippen LogP) is 5.53. The van der Waals surface area contributed by atoms with Gasteiger partial charge in [0.25, 0.3) is 10.0 Å². The lowest BCUT2D eigenvalue weighted by atomic mass is 10.1. The van der Waals surface area contributed by atoms with E-state index < -0.39 is 28.5 Å². The van der Waals surface area contributed by atoms with Crippen LogP contribution in [0.5, 0.6) is 5.75 Å². The molecule has 11 heteroatoms. The first kappa shape index (κ1) is 31.3. The molecule has 214 valence electrons. The molecule has 2 amide bonds. The minimum Gasteiger partial charge on any atom is -0.497 e. The maximum absolute atomic E-state index is 14.1. The van der Waals surface area contributed by atoms with Crippen LogP contribution in [0.25, 0.3) is 0 Å². The predicted molar refractivity (Wildman–Crippen MR) is 158 cm³/mol. The second-order valence-electron chi connectivity index (χ2n) is 9.38. The minimum absolute atomic E-state index is 0.0110. The van der Waals surface area contributed by atoms with Crippen LogP contribution in [0.4, 0.5) is 5.69 Å². The summed E-state index contributed by atoms with van der Waals surface area (Å²) in [5, 5.41) is 3.52. The van der Waals surface area contributed by atoms with E-state index in [1.807, 2.05) is 13.8 Å². The number of rotatable bonds is 12. The van der Waals surface area contributed by atoms with E-state index in [-0.39, 0.29) is 29.1 Å². The average Bonchev–Trinajstić information content (AvgIpc) is 2.93. The highest BCUT2D eigenvalue weighted by atomic mass is 35.5. The quantitative estimate of drug-likeness (QED) is 0.293. The summed E-state index contributed by atoms with van der Waals surface area (Å²) in [5.41, 5.74) is 0.878. The Morgan fingerprint density at radius 2 is 1.65 bits per heavy atom. The Morgan fingerprint density at radius 1 is 0.950 bits per heavy atom. The van der Waals surface area contributed by atoms with Crippen LogP contribution in [-0.4, -0.2) is 50.9 Å². The lowest BCUT2D eigenvalue weighted by Gasteiger charge is -2.33. The molecule has 0 bridgehead atoms. The Labute approximate surface area is 245 Å². The van der Waals surface area contributed by atoms with Gasteiger partial charge in [0.2, 0.25) is 11.8 Å². The summed E-state index contributed by atoms with van der Waals surface area (Å²) in [6.45, 7) is 4.90. The number of amides is 2. The zero-order chi connectivity index (χ0) is 29.4. The fraction of sp³-hybridized carbons (Fsp3) is 0.310. The van der Waals surface area contributed by atoms with Crippen molar-refractivity contribution in [3.8, 4) is 5.75 Å². The highest BCUT2D eigenvalue weighted by Crippen LogP contribution is 2.28. The molecule has 3 aromatic rings. The van der Waals surface area contributed by atoms with Crippen molar-refractivity contribution >= 4 is 50.7 Å². The maximum Gasteiger partial charge on any atom is 0.264 e. The summed E-state index contributed by atoms with van der Waals surface area (Å²) in [7, 11) is -2.70.